The van der Waals surface area contributed by atoms with Crippen molar-refractivity contribution in [3.8, 4) is 0 Å². The van der Waals surface area contributed by atoms with Gasteiger partial charge in [-0.3, -0.25) is 10.1 Å². The number of hydrogen-bond acceptors (Lipinski definition) is 6. The molecule has 0 aliphatic rings. The van der Waals surface area contributed by atoms with Crippen molar-refractivity contribution in [2.24, 2.45) is 0 Å². The Labute approximate surface area is 119 Å². The molecule has 0 amide bonds. The fourth-order valence-electron chi connectivity index (χ4n) is 1.67. The normalized spacial score (nSPS) is 13.8. The van der Waals surface area contributed by atoms with E-state index in [2.05, 4.69) is 10.6 Å². The van der Waals surface area contributed by atoms with Crippen LogP contribution in [0, 0.1) is 0 Å². The second kappa shape index (κ2) is 8.52. The van der Waals surface area contributed by atoms with Crippen LogP contribution in [0.15, 0.2) is 24.3 Å². The Morgan fingerprint density at radius 1 is 1.40 bits per heavy atom. The molecule has 0 bridgehead atoms. The van der Waals surface area contributed by atoms with Gasteiger partial charge in [-0.25, -0.2) is 0 Å². The van der Waals surface area contributed by atoms with Crippen LogP contribution >= 0.6 is 0 Å². The van der Waals surface area contributed by atoms with E-state index in [0.29, 0.717) is 19.7 Å². The molecule has 0 spiro atoms. The Morgan fingerprint density at radius 3 is 2.65 bits per heavy atom. The van der Waals surface area contributed by atoms with Gasteiger partial charge in [-0.2, -0.15) is 0 Å². The first-order valence-electron chi connectivity index (χ1n) is 6.68. The first kappa shape index (κ1) is 16.4. The number of anilines is 1. The number of aliphatic hydroxyl groups excluding tert-OH is 1. The Kier molecular flexibility index (Phi) is 7.00. The van der Waals surface area contributed by atoms with Crippen molar-refractivity contribution in [2.45, 2.75) is 32.7 Å². The molecule has 112 valence electrons. The smallest absolute Gasteiger partial charge is 0.322 e. The number of benzene rings is 1. The molecule has 2 atom stereocenters. The standard InChI is InChI=1S/C14H23N3O3/c1-3-20-14(19)10(2)17-13(18)9-16-8-11-4-6-12(15)7-5-11/h4-7,10,13,16-18H,3,8-9,15H2,1-2H3/t10-,13?/m0/s1. The van der Waals surface area contributed by atoms with Crippen LogP contribution in [0.1, 0.15) is 19.4 Å². The summed E-state index contributed by atoms with van der Waals surface area (Å²) in [5, 5.41) is 15.6. The Bertz CT molecular complexity index is 409. The lowest BCUT2D eigenvalue weighted by molar-refractivity contribution is -0.146. The van der Waals surface area contributed by atoms with Crippen LogP contribution in [0.3, 0.4) is 0 Å². The van der Waals surface area contributed by atoms with Crippen molar-refractivity contribution in [1.82, 2.24) is 10.6 Å². The number of rotatable bonds is 8. The summed E-state index contributed by atoms with van der Waals surface area (Å²) < 4.78 is 4.84. The van der Waals surface area contributed by atoms with Crippen molar-refractivity contribution in [1.29, 1.82) is 0 Å². The van der Waals surface area contributed by atoms with E-state index in [0.717, 1.165) is 11.3 Å². The molecule has 0 radical (unpaired) electrons. The Morgan fingerprint density at radius 2 is 2.05 bits per heavy atom. The summed E-state index contributed by atoms with van der Waals surface area (Å²) in [7, 11) is 0. The molecule has 6 nitrogen and oxygen atoms in total. The van der Waals surface area contributed by atoms with Gasteiger partial charge in [0.25, 0.3) is 0 Å². The van der Waals surface area contributed by atoms with Gasteiger partial charge in [-0.05, 0) is 31.5 Å². The van der Waals surface area contributed by atoms with E-state index in [9.17, 15) is 9.90 Å². The van der Waals surface area contributed by atoms with Crippen molar-refractivity contribution < 1.29 is 14.6 Å². The van der Waals surface area contributed by atoms with Crippen molar-refractivity contribution in [3.63, 3.8) is 0 Å². The molecule has 0 aromatic heterocycles. The van der Waals surface area contributed by atoms with E-state index < -0.39 is 12.3 Å². The topological polar surface area (TPSA) is 96.6 Å². The van der Waals surface area contributed by atoms with E-state index in [4.69, 9.17) is 10.5 Å². The number of carbonyl (C=O) groups excluding carboxylic acids is 1. The van der Waals surface area contributed by atoms with Crippen molar-refractivity contribution in [2.75, 3.05) is 18.9 Å². The van der Waals surface area contributed by atoms with Gasteiger partial charge in [-0.15, -0.1) is 0 Å². The third kappa shape index (κ3) is 6.01. The summed E-state index contributed by atoms with van der Waals surface area (Å²) in [5.74, 6) is -0.370. The number of hydrogen-bond donors (Lipinski definition) is 4. The highest BCUT2D eigenvalue weighted by molar-refractivity contribution is 5.75. The highest BCUT2D eigenvalue weighted by atomic mass is 16.5. The molecule has 0 aliphatic heterocycles. The summed E-state index contributed by atoms with van der Waals surface area (Å²) in [6.07, 6.45) is -0.816. The molecule has 0 fully saturated rings. The van der Waals surface area contributed by atoms with E-state index in [1.54, 1.807) is 13.8 Å². The number of esters is 1. The number of carbonyl (C=O) groups is 1. The minimum Gasteiger partial charge on any atom is -0.465 e. The molecule has 1 aromatic carbocycles. The fraction of sp³-hybridized carbons (Fsp3) is 0.500. The molecule has 0 aliphatic carbocycles. The molecular weight excluding hydrogens is 258 g/mol. The molecular formula is C14H23N3O3. The van der Waals surface area contributed by atoms with E-state index in [1.165, 1.54) is 0 Å². The number of nitrogens with one attached hydrogen (secondary N) is 2. The first-order valence-corrected chi connectivity index (χ1v) is 6.68. The third-order valence-corrected chi connectivity index (χ3v) is 2.73. The predicted molar refractivity (Wildman–Crippen MR) is 77.8 cm³/mol. The minimum absolute atomic E-state index is 0.328. The highest BCUT2D eigenvalue weighted by Crippen LogP contribution is 2.04. The average molecular weight is 281 g/mol. The number of nitrogen functional groups attached to an aromatic ring is 1. The average Bonchev–Trinajstić information content (AvgIpc) is 2.41. The monoisotopic (exact) mass is 281 g/mol. The molecule has 0 heterocycles. The molecule has 20 heavy (non-hydrogen) atoms. The van der Waals surface area contributed by atoms with Crippen molar-refractivity contribution in [3.05, 3.63) is 29.8 Å². The summed E-state index contributed by atoms with van der Waals surface area (Å²) >= 11 is 0. The SMILES string of the molecule is CCOC(=O)[C@H](C)NC(O)CNCc1ccc(N)cc1. The molecule has 1 aromatic rings. The van der Waals surface area contributed by atoms with Crippen LogP contribution in [0.2, 0.25) is 0 Å². The molecule has 1 unspecified atom stereocenters. The van der Waals surface area contributed by atoms with Gasteiger partial charge in [0.2, 0.25) is 0 Å². The maximum absolute atomic E-state index is 11.4. The largest absolute Gasteiger partial charge is 0.465 e. The first-order chi connectivity index (χ1) is 9.52. The highest BCUT2D eigenvalue weighted by Gasteiger charge is 2.16. The minimum atomic E-state index is -0.816. The maximum atomic E-state index is 11.4. The number of aliphatic hydroxyl groups is 1. The van der Waals surface area contributed by atoms with Gasteiger partial charge in [0, 0.05) is 18.8 Å². The fourth-order valence-corrected chi connectivity index (χ4v) is 1.67. The van der Waals surface area contributed by atoms with Crippen LogP contribution in [0.5, 0.6) is 0 Å². The number of nitrogens with two attached hydrogens (primary N) is 1. The maximum Gasteiger partial charge on any atom is 0.322 e. The van der Waals surface area contributed by atoms with Gasteiger partial charge < -0.3 is 20.9 Å². The lowest BCUT2D eigenvalue weighted by atomic mass is 10.2. The zero-order chi connectivity index (χ0) is 15.0. The van der Waals surface area contributed by atoms with Gasteiger partial charge in [0.15, 0.2) is 0 Å². The van der Waals surface area contributed by atoms with Gasteiger partial charge in [0.1, 0.15) is 12.3 Å². The van der Waals surface area contributed by atoms with Crippen LogP contribution < -0.4 is 16.4 Å². The van der Waals surface area contributed by atoms with Gasteiger partial charge in [-0.1, -0.05) is 12.1 Å². The molecule has 1 rings (SSSR count). The molecule has 6 heteroatoms. The Balaban J connectivity index is 2.24. The van der Waals surface area contributed by atoms with Crippen LogP contribution in [0.25, 0.3) is 0 Å². The van der Waals surface area contributed by atoms with E-state index in [1.807, 2.05) is 24.3 Å². The predicted octanol–water partition coefficient (Wildman–Crippen LogP) is 0.218. The van der Waals surface area contributed by atoms with Gasteiger partial charge >= 0.3 is 5.97 Å². The zero-order valence-electron chi connectivity index (χ0n) is 11.9. The van der Waals surface area contributed by atoms with E-state index in [-0.39, 0.29) is 5.97 Å². The summed E-state index contributed by atoms with van der Waals surface area (Å²) in [6, 6.07) is 6.96. The molecule has 0 saturated heterocycles. The van der Waals surface area contributed by atoms with Crippen LogP contribution in [0.4, 0.5) is 5.69 Å². The summed E-state index contributed by atoms with van der Waals surface area (Å²) in [6.45, 7) is 4.67. The lowest BCUT2D eigenvalue weighted by Gasteiger charge is -2.18. The van der Waals surface area contributed by atoms with Crippen molar-refractivity contribution >= 4 is 11.7 Å². The lowest BCUT2D eigenvalue weighted by Crippen LogP contribution is -2.46. The summed E-state index contributed by atoms with van der Waals surface area (Å²) in [4.78, 5) is 11.4. The number of ether oxygens (including phenoxy) is 1. The van der Waals surface area contributed by atoms with Gasteiger partial charge in [0.05, 0.1) is 6.61 Å². The van der Waals surface area contributed by atoms with Crippen LogP contribution in [-0.4, -0.2) is 36.5 Å². The second-order valence-corrected chi connectivity index (χ2v) is 4.53. The second-order valence-electron chi connectivity index (χ2n) is 4.53. The summed E-state index contributed by atoms with van der Waals surface area (Å²) in [5.41, 5.74) is 7.39. The van der Waals surface area contributed by atoms with Crippen LogP contribution in [-0.2, 0) is 16.1 Å². The quantitative estimate of drug-likeness (QED) is 0.309. The third-order valence-electron chi connectivity index (χ3n) is 2.73. The molecule has 5 N–H and O–H groups in total. The van der Waals surface area contributed by atoms with E-state index >= 15 is 0 Å². The molecule has 0 saturated carbocycles. The Hall–Kier alpha value is -1.63. The zero-order valence-corrected chi connectivity index (χ0v) is 11.9.